The van der Waals surface area contributed by atoms with Gasteiger partial charge in [-0.3, -0.25) is 19.2 Å². The second-order valence-electron chi connectivity index (χ2n) is 12.1. The van der Waals surface area contributed by atoms with Crippen molar-refractivity contribution >= 4 is 29.4 Å². The number of rotatable bonds is 16. The van der Waals surface area contributed by atoms with Crippen molar-refractivity contribution in [3.05, 3.63) is 101 Å². The van der Waals surface area contributed by atoms with Crippen molar-refractivity contribution in [1.82, 2.24) is 4.90 Å². The summed E-state index contributed by atoms with van der Waals surface area (Å²) in [6.45, 7) is -1.57. The highest BCUT2D eigenvalue weighted by Crippen LogP contribution is 2.46. The lowest BCUT2D eigenvalue weighted by molar-refractivity contribution is -0.214. The van der Waals surface area contributed by atoms with Gasteiger partial charge in [0.2, 0.25) is 11.8 Å². The number of hydrogen-bond donors (Lipinski definition) is 3. The fourth-order valence-electron chi connectivity index (χ4n) is 6.04. The molecule has 1 unspecified atom stereocenters. The number of aliphatic hydroxyl groups is 1. The quantitative estimate of drug-likeness (QED) is 0.193. The first-order valence-corrected chi connectivity index (χ1v) is 15.5. The molecule has 3 atom stereocenters. The van der Waals surface area contributed by atoms with Gasteiger partial charge in [-0.05, 0) is 78.8 Å². The summed E-state index contributed by atoms with van der Waals surface area (Å²) in [5, 5.41) is 28.8. The molecular formula is C35H36F2N2O9. The number of carbonyl (C=O) groups excluding carboxylic acids is 2. The Morgan fingerprint density at radius 3 is 2.04 bits per heavy atom. The largest absolute Gasteiger partial charge is 0.480 e. The number of amides is 2. The minimum atomic E-state index is -1.34. The van der Waals surface area contributed by atoms with Crippen LogP contribution in [0.15, 0.2) is 72.8 Å². The van der Waals surface area contributed by atoms with E-state index < -0.39 is 66.8 Å². The molecular weight excluding hydrogens is 630 g/mol. The maximum Gasteiger partial charge on any atom is 0.323 e. The summed E-state index contributed by atoms with van der Waals surface area (Å²) in [5.74, 6) is -4.85. The Labute approximate surface area is 275 Å². The number of carbonyl (C=O) groups is 4. The Hall–Kier alpha value is -4.72. The van der Waals surface area contributed by atoms with Gasteiger partial charge in [-0.25, -0.2) is 8.78 Å². The van der Waals surface area contributed by atoms with Crippen molar-refractivity contribution in [1.29, 1.82) is 0 Å². The van der Waals surface area contributed by atoms with E-state index in [4.69, 9.17) is 19.7 Å². The van der Waals surface area contributed by atoms with E-state index in [1.54, 1.807) is 17.0 Å². The Balaban J connectivity index is 1.24. The third kappa shape index (κ3) is 8.22. The zero-order valence-electron chi connectivity index (χ0n) is 26.0. The van der Waals surface area contributed by atoms with Crippen LogP contribution >= 0.6 is 0 Å². The van der Waals surface area contributed by atoms with Crippen LogP contribution < -0.4 is 4.90 Å². The Morgan fingerprint density at radius 1 is 0.917 bits per heavy atom. The first-order valence-electron chi connectivity index (χ1n) is 15.5. The second-order valence-corrected chi connectivity index (χ2v) is 12.1. The summed E-state index contributed by atoms with van der Waals surface area (Å²) in [6.07, 6.45) is 0.801. The molecule has 5 rings (SSSR count). The number of anilines is 1. The molecule has 0 aliphatic carbocycles. The molecule has 2 aliphatic rings. The highest BCUT2D eigenvalue weighted by atomic mass is 19.1. The average Bonchev–Trinajstić information content (AvgIpc) is 3.03. The van der Waals surface area contributed by atoms with Crippen molar-refractivity contribution in [3.63, 3.8) is 0 Å². The van der Waals surface area contributed by atoms with Crippen LogP contribution in [-0.2, 0) is 35.1 Å². The monoisotopic (exact) mass is 666 g/mol. The van der Waals surface area contributed by atoms with Crippen LogP contribution in [0.25, 0.3) is 0 Å². The molecule has 2 saturated heterocycles. The molecule has 2 fully saturated rings. The molecule has 0 aromatic heterocycles. The lowest BCUT2D eigenvalue weighted by atomic mass is 9.78. The smallest absolute Gasteiger partial charge is 0.323 e. The van der Waals surface area contributed by atoms with E-state index >= 15 is 0 Å². The van der Waals surface area contributed by atoms with Crippen LogP contribution in [0.4, 0.5) is 14.5 Å². The maximum atomic E-state index is 13.7. The molecule has 3 N–H and O–H groups in total. The summed E-state index contributed by atoms with van der Waals surface area (Å²) >= 11 is 0. The molecule has 48 heavy (non-hydrogen) atoms. The predicted molar refractivity (Wildman–Crippen MR) is 167 cm³/mol. The first kappa shape index (κ1) is 34.6. The number of carboxylic acids is 2. The molecule has 254 valence electrons. The van der Waals surface area contributed by atoms with E-state index in [9.17, 15) is 33.1 Å². The van der Waals surface area contributed by atoms with E-state index in [1.165, 1.54) is 36.4 Å². The van der Waals surface area contributed by atoms with E-state index in [-0.39, 0.29) is 31.6 Å². The summed E-state index contributed by atoms with van der Waals surface area (Å²) < 4.78 is 38.2. The summed E-state index contributed by atoms with van der Waals surface area (Å²) in [4.78, 5) is 50.4. The molecule has 0 spiro atoms. The molecule has 3 aromatic rings. The predicted octanol–water partition coefficient (Wildman–Crippen LogP) is 3.90. The van der Waals surface area contributed by atoms with Crippen molar-refractivity contribution in [2.45, 2.75) is 43.4 Å². The van der Waals surface area contributed by atoms with Gasteiger partial charge in [0.25, 0.3) is 0 Å². The molecule has 0 bridgehead atoms. The SMILES string of the molecule is O=C(O)CN(CC(=O)O)C(=O)COC1(CCc2ccc([C@@H]3[C@@H](CCC(O)c4ccc(F)cc4)C(=O)N3c3ccc(F)cc3)cc2)COC1. The standard InChI is InChI=1S/C35H36F2N2O9/c36-25-7-5-23(6-8-25)29(40)14-13-28-33(39(34(28)46)27-11-9-26(37)10-12-27)24-3-1-22(2-4-24)15-16-35(20-47-21-35)48-19-30(41)38(17-31(42)43)18-32(44)45/h1-12,28-29,33,40H,13-21H2,(H,42,43)(H,44,45)/t28-,29?,33-/m1/s1. The van der Waals surface area contributed by atoms with Crippen LogP contribution in [0, 0.1) is 17.6 Å². The summed E-state index contributed by atoms with van der Waals surface area (Å²) in [6, 6.07) is 18.6. The highest BCUT2D eigenvalue weighted by Gasteiger charge is 2.48. The number of benzene rings is 3. The Kier molecular flexibility index (Phi) is 10.8. The topological polar surface area (TPSA) is 154 Å². The molecule has 0 saturated carbocycles. The summed E-state index contributed by atoms with van der Waals surface area (Å²) in [7, 11) is 0. The fraction of sp³-hybridized carbons (Fsp3) is 0.371. The van der Waals surface area contributed by atoms with Gasteiger partial charge >= 0.3 is 11.9 Å². The molecule has 2 heterocycles. The van der Waals surface area contributed by atoms with Crippen LogP contribution in [0.3, 0.4) is 0 Å². The molecule has 3 aromatic carbocycles. The van der Waals surface area contributed by atoms with Crippen LogP contribution in [0.5, 0.6) is 0 Å². The minimum absolute atomic E-state index is 0.147. The molecule has 2 amide bonds. The van der Waals surface area contributed by atoms with Gasteiger partial charge < -0.3 is 34.6 Å². The number of carboxylic acid groups (broad SMARTS) is 2. The molecule has 0 radical (unpaired) electrons. The zero-order chi connectivity index (χ0) is 34.4. The van der Waals surface area contributed by atoms with Crippen LogP contribution in [0.2, 0.25) is 0 Å². The zero-order valence-corrected chi connectivity index (χ0v) is 26.0. The number of aliphatic carboxylic acids is 2. The van der Waals surface area contributed by atoms with Gasteiger partial charge in [-0.15, -0.1) is 0 Å². The van der Waals surface area contributed by atoms with Gasteiger partial charge in [0, 0.05) is 5.69 Å². The summed E-state index contributed by atoms with van der Waals surface area (Å²) in [5.41, 5.74) is 2.11. The Bertz CT molecular complexity index is 1600. The third-order valence-electron chi connectivity index (χ3n) is 8.75. The van der Waals surface area contributed by atoms with Crippen molar-refractivity contribution < 1.29 is 52.8 Å². The lowest BCUT2D eigenvalue weighted by Crippen LogP contribution is -2.55. The third-order valence-corrected chi connectivity index (χ3v) is 8.75. The normalized spacial score (nSPS) is 18.8. The molecule has 13 heteroatoms. The second kappa shape index (κ2) is 15.0. The number of halogens is 2. The highest BCUT2D eigenvalue weighted by molar-refractivity contribution is 6.03. The van der Waals surface area contributed by atoms with E-state index in [2.05, 4.69) is 0 Å². The van der Waals surface area contributed by atoms with E-state index in [0.29, 0.717) is 35.4 Å². The van der Waals surface area contributed by atoms with Gasteiger partial charge in [0.05, 0.1) is 31.3 Å². The van der Waals surface area contributed by atoms with E-state index in [1.807, 2.05) is 24.3 Å². The minimum Gasteiger partial charge on any atom is -0.480 e. The van der Waals surface area contributed by atoms with Crippen molar-refractivity contribution in [2.24, 2.45) is 5.92 Å². The molecule has 2 aliphatic heterocycles. The van der Waals surface area contributed by atoms with Gasteiger partial charge in [-0.1, -0.05) is 36.4 Å². The Morgan fingerprint density at radius 2 is 1.50 bits per heavy atom. The van der Waals surface area contributed by atoms with Gasteiger partial charge in [0.15, 0.2) is 0 Å². The van der Waals surface area contributed by atoms with Gasteiger partial charge in [0.1, 0.15) is 36.9 Å². The number of hydrogen-bond acceptors (Lipinski definition) is 7. The lowest BCUT2D eigenvalue weighted by Gasteiger charge is -2.48. The number of β-lactam (4-membered cyclic amide) rings is 1. The van der Waals surface area contributed by atoms with Crippen LogP contribution in [0.1, 0.15) is 48.1 Å². The van der Waals surface area contributed by atoms with Crippen molar-refractivity contribution in [2.75, 3.05) is 37.8 Å². The molecule has 11 nitrogen and oxygen atoms in total. The maximum absolute atomic E-state index is 13.7. The van der Waals surface area contributed by atoms with Gasteiger partial charge in [-0.2, -0.15) is 0 Å². The average molecular weight is 667 g/mol. The number of aryl methyl sites for hydroxylation is 1. The first-order chi connectivity index (χ1) is 22.9. The fourth-order valence-corrected chi connectivity index (χ4v) is 6.04. The van der Waals surface area contributed by atoms with Crippen LogP contribution in [-0.4, -0.2) is 82.5 Å². The van der Waals surface area contributed by atoms with E-state index in [0.717, 1.165) is 11.1 Å². The number of ether oxygens (including phenoxy) is 2. The number of aliphatic hydroxyl groups excluding tert-OH is 1. The van der Waals surface area contributed by atoms with Crippen molar-refractivity contribution in [3.8, 4) is 0 Å². The number of nitrogens with zero attached hydrogens (tertiary/aromatic N) is 2.